The maximum Gasteiger partial charge on any atom is 0.238 e. The molecule has 3 heteroatoms. The van der Waals surface area contributed by atoms with E-state index >= 15 is 0 Å². The molecular formula is C18H27NO2. The van der Waals surface area contributed by atoms with E-state index in [1.54, 1.807) is 0 Å². The van der Waals surface area contributed by atoms with Crippen LogP contribution in [0.5, 0.6) is 0 Å². The fourth-order valence-electron chi connectivity index (χ4n) is 2.94. The van der Waals surface area contributed by atoms with E-state index in [-0.39, 0.29) is 29.1 Å². The maximum atomic E-state index is 12.6. The molecule has 0 aromatic heterocycles. The number of para-hydroxylation sites is 1. The molecule has 1 fully saturated rings. The molecular weight excluding hydrogens is 262 g/mol. The molecule has 0 aliphatic carbocycles. The lowest BCUT2D eigenvalue weighted by Crippen LogP contribution is -2.34. The van der Waals surface area contributed by atoms with Crippen molar-refractivity contribution in [2.24, 2.45) is 17.3 Å². The van der Waals surface area contributed by atoms with Gasteiger partial charge in [0.2, 0.25) is 11.8 Å². The van der Waals surface area contributed by atoms with E-state index < -0.39 is 0 Å². The highest BCUT2D eigenvalue weighted by Crippen LogP contribution is 2.42. The van der Waals surface area contributed by atoms with E-state index in [4.69, 9.17) is 0 Å². The average molecular weight is 289 g/mol. The van der Waals surface area contributed by atoms with Gasteiger partial charge in [0.25, 0.3) is 0 Å². The molecule has 2 amide bonds. The summed E-state index contributed by atoms with van der Waals surface area (Å²) in [6, 6.07) is 9.21. The Labute approximate surface area is 128 Å². The second kappa shape index (κ2) is 6.88. The van der Waals surface area contributed by atoms with Gasteiger partial charge in [0.1, 0.15) is 0 Å². The van der Waals surface area contributed by atoms with E-state index in [0.29, 0.717) is 12.1 Å². The summed E-state index contributed by atoms with van der Waals surface area (Å²) in [5, 5.41) is 0. The molecule has 1 aliphatic rings. The van der Waals surface area contributed by atoms with Crippen LogP contribution in [0.2, 0.25) is 0 Å². The lowest BCUT2D eigenvalue weighted by Gasteiger charge is -2.28. The van der Waals surface area contributed by atoms with Gasteiger partial charge in [-0.3, -0.25) is 14.5 Å². The summed E-state index contributed by atoms with van der Waals surface area (Å²) < 4.78 is 0. The van der Waals surface area contributed by atoms with Crippen molar-refractivity contribution in [1.29, 1.82) is 0 Å². The normalized spacial score (nSPS) is 22.1. The molecule has 1 aliphatic heterocycles. The molecule has 116 valence electrons. The molecule has 1 aromatic rings. The Balaban J connectivity index is 0.00000106. The van der Waals surface area contributed by atoms with Gasteiger partial charge in [0.15, 0.2) is 0 Å². The minimum absolute atomic E-state index is 0.0568. The molecule has 0 spiro atoms. The van der Waals surface area contributed by atoms with E-state index in [1.165, 1.54) is 4.90 Å². The van der Waals surface area contributed by atoms with Crippen LogP contribution in [0.15, 0.2) is 30.3 Å². The summed E-state index contributed by atoms with van der Waals surface area (Å²) in [5.74, 6) is -0.549. The Hall–Kier alpha value is -1.64. The minimum atomic E-state index is -0.231. The third-order valence-corrected chi connectivity index (χ3v) is 3.81. The second-order valence-corrected chi connectivity index (χ2v) is 6.21. The van der Waals surface area contributed by atoms with Crippen LogP contribution in [-0.4, -0.2) is 11.8 Å². The molecule has 3 nitrogen and oxygen atoms in total. The van der Waals surface area contributed by atoms with Gasteiger partial charge in [0.05, 0.1) is 17.5 Å². The van der Waals surface area contributed by atoms with Crippen molar-refractivity contribution in [2.75, 3.05) is 4.90 Å². The number of hydrogen-bond acceptors (Lipinski definition) is 2. The first-order valence-electron chi connectivity index (χ1n) is 7.80. The topological polar surface area (TPSA) is 37.4 Å². The number of hydrogen-bond donors (Lipinski definition) is 0. The zero-order valence-corrected chi connectivity index (χ0v) is 14.0. The summed E-state index contributed by atoms with van der Waals surface area (Å²) in [7, 11) is 0. The lowest BCUT2D eigenvalue weighted by atomic mass is 9.73. The summed E-state index contributed by atoms with van der Waals surface area (Å²) >= 11 is 0. The number of carbonyl (C=O) groups excluding carboxylic acids is 2. The average Bonchev–Trinajstić information content (AvgIpc) is 2.72. The van der Waals surface area contributed by atoms with Crippen molar-refractivity contribution in [1.82, 2.24) is 0 Å². The number of carbonyl (C=O) groups is 2. The van der Waals surface area contributed by atoms with Crippen LogP contribution in [0.4, 0.5) is 5.69 Å². The van der Waals surface area contributed by atoms with E-state index in [9.17, 15) is 9.59 Å². The zero-order chi connectivity index (χ0) is 16.2. The molecule has 21 heavy (non-hydrogen) atoms. The minimum Gasteiger partial charge on any atom is -0.274 e. The molecule has 1 aromatic carbocycles. The Morgan fingerprint density at radius 1 is 1.00 bits per heavy atom. The lowest BCUT2D eigenvalue weighted by molar-refractivity contribution is -0.124. The summed E-state index contributed by atoms with van der Waals surface area (Å²) in [4.78, 5) is 26.5. The molecule has 1 saturated heterocycles. The van der Waals surface area contributed by atoms with Crippen LogP contribution in [-0.2, 0) is 9.59 Å². The number of nitrogens with zero attached hydrogens (tertiary/aromatic N) is 1. The van der Waals surface area contributed by atoms with Crippen LogP contribution in [0.25, 0.3) is 0 Å². The third kappa shape index (κ3) is 3.34. The number of imide groups is 1. The van der Waals surface area contributed by atoms with Gasteiger partial charge < -0.3 is 0 Å². The number of anilines is 1. The molecule has 2 atom stereocenters. The van der Waals surface area contributed by atoms with Gasteiger partial charge in [-0.1, -0.05) is 59.7 Å². The van der Waals surface area contributed by atoms with Crippen molar-refractivity contribution in [2.45, 2.75) is 48.0 Å². The molecule has 0 radical (unpaired) electrons. The Bertz CT molecular complexity index is 488. The van der Waals surface area contributed by atoms with Crippen molar-refractivity contribution < 1.29 is 9.59 Å². The number of rotatable bonds is 2. The van der Waals surface area contributed by atoms with E-state index in [0.717, 1.165) is 0 Å². The SMILES string of the molecule is CC.CCC1C(=O)N(c2ccccc2)C(=O)C1C(C)(C)C. The molecule has 2 unspecified atom stereocenters. The largest absolute Gasteiger partial charge is 0.274 e. The zero-order valence-electron chi connectivity index (χ0n) is 14.0. The Kier molecular flexibility index (Phi) is 5.70. The highest BCUT2D eigenvalue weighted by Gasteiger charge is 2.51. The molecule has 0 saturated carbocycles. The summed E-state index contributed by atoms with van der Waals surface area (Å²) in [5.41, 5.74) is 0.486. The number of benzene rings is 1. The predicted molar refractivity (Wildman–Crippen MR) is 87.0 cm³/mol. The van der Waals surface area contributed by atoms with Gasteiger partial charge in [-0.05, 0) is 24.0 Å². The molecule has 1 heterocycles. The van der Waals surface area contributed by atoms with Crippen LogP contribution in [0.3, 0.4) is 0 Å². The first kappa shape index (κ1) is 17.4. The fraction of sp³-hybridized carbons (Fsp3) is 0.556. The molecule has 0 bridgehead atoms. The van der Waals surface area contributed by atoms with E-state index in [1.807, 2.05) is 71.9 Å². The molecule has 0 N–H and O–H groups in total. The second-order valence-electron chi connectivity index (χ2n) is 6.21. The standard InChI is InChI=1S/C16H21NO2.C2H6/c1-5-12-13(16(2,3)4)15(19)17(14(12)18)11-9-7-6-8-10-11;1-2/h6-10,12-13H,5H2,1-4H3;1-2H3. The maximum absolute atomic E-state index is 12.6. The summed E-state index contributed by atoms with van der Waals surface area (Å²) in [6.45, 7) is 12.1. The van der Waals surface area contributed by atoms with Crippen LogP contribution >= 0.6 is 0 Å². The van der Waals surface area contributed by atoms with Gasteiger partial charge in [-0.15, -0.1) is 0 Å². The highest BCUT2D eigenvalue weighted by atomic mass is 16.2. The van der Waals surface area contributed by atoms with Crippen molar-refractivity contribution in [3.63, 3.8) is 0 Å². The monoisotopic (exact) mass is 289 g/mol. The fourth-order valence-corrected chi connectivity index (χ4v) is 2.94. The van der Waals surface area contributed by atoms with Gasteiger partial charge in [0, 0.05) is 0 Å². The quantitative estimate of drug-likeness (QED) is 0.762. The number of amides is 2. The highest BCUT2D eigenvalue weighted by molar-refractivity contribution is 6.22. The van der Waals surface area contributed by atoms with E-state index in [2.05, 4.69) is 0 Å². The third-order valence-electron chi connectivity index (χ3n) is 3.81. The predicted octanol–water partition coefficient (Wildman–Crippen LogP) is 4.27. The van der Waals surface area contributed by atoms with Crippen molar-refractivity contribution >= 4 is 17.5 Å². The van der Waals surface area contributed by atoms with Gasteiger partial charge >= 0.3 is 0 Å². The van der Waals surface area contributed by atoms with Gasteiger partial charge in [-0.2, -0.15) is 0 Å². The van der Waals surface area contributed by atoms with Crippen LogP contribution in [0, 0.1) is 17.3 Å². The first-order valence-corrected chi connectivity index (χ1v) is 7.80. The summed E-state index contributed by atoms with van der Waals surface area (Å²) in [6.07, 6.45) is 0.704. The van der Waals surface area contributed by atoms with Crippen LogP contribution in [0.1, 0.15) is 48.0 Å². The Morgan fingerprint density at radius 2 is 1.52 bits per heavy atom. The smallest absolute Gasteiger partial charge is 0.238 e. The van der Waals surface area contributed by atoms with Crippen LogP contribution < -0.4 is 4.90 Å². The Morgan fingerprint density at radius 3 is 1.90 bits per heavy atom. The molecule has 2 rings (SSSR count). The van der Waals surface area contributed by atoms with Gasteiger partial charge in [-0.25, -0.2) is 0 Å². The first-order chi connectivity index (χ1) is 9.88. The van der Waals surface area contributed by atoms with Crippen molar-refractivity contribution in [3.8, 4) is 0 Å². The van der Waals surface area contributed by atoms with Crippen molar-refractivity contribution in [3.05, 3.63) is 30.3 Å².